The molecule has 1 aliphatic rings. The minimum atomic E-state index is -0.178. The average Bonchev–Trinajstić information content (AvgIpc) is 2.40. The second-order valence-electron chi connectivity index (χ2n) is 6.07. The van der Waals surface area contributed by atoms with Gasteiger partial charge in [-0.05, 0) is 54.9 Å². The molecule has 0 bridgehead atoms. The molecule has 4 heteroatoms. The van der Waals surface area contributed by atoms with Gasteiger partial charge in [0, 0.05) is 12.0 Å². The molecule has 0 amide bonds. The zero-order chi connectivity index (χ0) is 15.0. The number of benzene rings is 1. The van der Waals surface area contributed by atoms with E-state index in [0.29, 0.717) is 0 Å². The van der Waals surface area contributed by atoms with Crippen LogP contribution < -0.4 is 10.1 Å². The zero-order valence-electron chi connectivity index (χ0n) is 12.5. The molecule has 0 spiro atoms. The average molecular weight is 347 g/mol. The largest absolute Gasteiger partial charge is 0.487 e. The maximum absolute atomic E-state index is 6.07. The molecular formula is C17H19BrN2O. The summed E-state index contributed by atoms with van der Waals surface area (Å²) in [5, 5.41) is 3.62. The van der Waals surface area contributed by atoms with Crippen LogP contribution in [0.1, 0.15) is 37.6 Å². The van der Waals surface area contributed by atoms with Crippen molar-refractivity contribution in [3.63, 3.8) is 0 Å². The van der Waals surface area contributed by atoms with Gasteiger partial charge in [0.2, 0.25) is 0 Å². The molecule has 1 aromatic heterocycles. The first-order chi connectivity index (χ1) is 9.94. The minimum Gasteiger partial charge on any atom is -0.487 e. The first-order valence-corrected chi connectivity index (χ1v) is 7.91. The van der Waals surface area contributed by atoms with Crippen LogP contribution in [0.25, 0.3) is 0 Å². The Hall–Kier alpha value is -1.55. The fourth-order valence-electron chi connectivity index (χ4n) is 2.80. The second kappa shape index (κ2) is 5.34. The molecule has 110 valence electrons. The van der Waals surface area contributed by atoms with Crippen LogP contribution >= 0.6 is 15.9 Å². The summed E-state index contributed by atoms with van der Waals surface area (Å²) in [4.78, 5) is 4.45. The number of nitrogens with one attached hydrogen (secondary N) is 1. The van der Waals surface area contributed by atoms with Gasteiger partial charge in [-0.25, -0.2) is 4.98 Å². The van der Waals surface area contributed by atoms with Crippen molar-refractivity contribution in [2.45, 2.75) is 38.8 Å². The number of aryl methyl sites for hydroxylation is 1. The Morgan fingerprint density at radius 3 is 2.76 bits per heavy atom. The SMILES string of the molecule is Cc1nc(Br)ccc1NC1CC(C)(C)Oc2ccccc21. The number of nitrogens with zero attached hydrogens (tertiary/aromatic N) is 1. The van der Waals surface area contributed by atoms with Gasteiger partial charge in [-0.1, -0.05) is 18.2 Å². The third-order valence-electron chi connectivity index (χ3n) is 3.76. The molecule has 1 unspecified atom stereocenters. The standard InChI is InChI=1S/C17H19BrN2O/c1-11-13(8-9-16(18)19-11)20-14-10-17(2,3)21-15-7-5-4-6-12(14)15/h4-9,14,20H,10H2,1-3H3. The molecule has 1 atom stereocenters. The number of hydrogen-bond donors (Lipinski definition) is 1. The van der Waals surface area contributed by atoms with Gasteiger partial charge < -0.3 is 10.1 Å². The van der Waals surface area contributed by atoms with Crippen molar-refractivity contribution in [1.29, 1.82) is 0 Å². The Morgan fingerprint density at radius 1 is 1.24 bits per heavy atom. The Labute approximate surface area is 133 Å². The van der Waals surface area contributed by atoms with Crippen LogP contribution in [0, 0.1) is 6.92 Å². The summed E-state index contributed by atoms with van der Waals surface area (Å²) in [6.45, 7) is 6.28. The molecule has 21 heavy (non-hydrogen) atoms. The molecule has 3 nitrogen and oxygen atoms in total. The van der Waals surface area contributed by atoms with Gasteiger partial charge in [0.15, 0.2) is 0 Å². The molecule has 1 N–H and O–H groups in total. The maximum atomic E-state index is 6.07. The van der Waals surface area contributed by atoms with Crippen LogP contribution in [-0.4, -0.2) is 10.6 Å². The molecule has 1 aliphatic heterocycles. The van der Waals surface area contributed by atoms with E-state index >= 15 is 0 Å². The van der Waals surface area contributed by atoms with E-state index in [1.807, 2.05) is 25.1 Å². The van der Waals surface area contributed by atoms with Crippen LogP contribution in [0.2, 0.25) is 0 Å². The summed E-state index contributed by atoms with van der Waals surface area (Å²) >= 11 is 3.41. The summed E-state index contributed by atoms with van der Waals surface area (Å²) in [7, 11) is 0. The Morgan fingerprint density at radius 2 is 2.00 bits per heavy atom. The highest BCUT2D eigenvalue weighted by molar-refractivity contribution is 9.10. The molecule has 0 saturated heterocycles. The maximum Gasteiger partial charge on any atom is 0.125 e. The molecule has 0 saturated carbocycles. The van der Waals surface area contributed by atoms with Crippen LogP contribution in [-0.2, 0) is 0 Å². The van der Waals surface area contributed by atoms with Gasteiger partial charge in [-0.2, -0.15) is 0 Å². The number of ether oxygens (including phenoxy) is 1. The van der Waals surface area contributed by atoms with Crippen molar-refractivity contribution in [3.8, 4) is 5.75 Å². The highest BCUT2D eigenvalue weighted by Gasteiger charge is 2.33. The Kier molecular flexibility index (Phi) is 3.66. The lowest BCUT2D eigenvalue weighted by Crippen LogP contribution is -2.37. The van der Waals surface area contributed by atoms with E-state index in [1.54, 1.807) is 0 Å². The highest BCUT2D eigenvalue weighted by atomic mass is 79.9. The van der Waals surface area contributed by atoms with E-state index in [0.717, 1.165) is 28.2 Å². The fraction of sp³-hybridized carbons (Fsp3) is 0.353. The summed E-state index contributed by atoms with van der Waals surface area (Å²) in [5.74, 6) is 0.967. The number of rotatable bonds is 2. The lowest BCUT2D eigenvalue weighted by molar-refractivity contribution is 0.0759. The number of pyridine rings is 1. The van der Waals surface area contributed by atoms with E-state index in [9.17, 15) is 0 Å². The number of para-hydroxylation sites is 1. The third-order valence-corrected chi connectivity index (χ3v) is 4.20. The minimum absolute atomic E-state index is 0.178. The lowest BCUT2D eigenvalue weighted by Gasteiger charge is -2.38. The molecular weight excluding hydrogens is 328 g/mol. The zero-order valence-corrected chi connectivity index (χ0v) is 14.1. The first-order valence-electron chi connectivity index (χ1n) is 7.12. The van der Waals surface area contributed by atoms with E-state index in [-0.39, 0.29) is 11.6 Å². The van der Waals surface area contributed by atoms with Crippen LogP contribution in [0.15, 0.2) is 41.0 Å². The van der Waals surface area contributed by atoms with Crippen molar-refractivity contribution in [2.24, 2.45) is 0 Å². The Balaban J connectivity index is 1.94. The Bertz CT molecular complexity index is 670. The van der Waals surface area contributed by atoms with E-state index < -0.39 is 0 Å². The molecule has 3 rings (SSSR count). The lowest BCUT2D eigenvalue weighted by atomic mass is 9.89. The number of hydrogen-bond acceptors (Lipinski definition) is 3. The predicted octanol–water partition coefficient (Wildman–Crippen LogP) is 4.87. The summed E-state index contributed by atoms with van der Waals surface area (Å²) in [6, 6.07) is 12.5. The number of fused-ring (bicyclic) bond motifs is 1. The third kappa shape index (κ3) is 3.05. The normalized spacial score (nSPS) is 19.5. The smallest absolute Gasteiger partial charge is 0.125 e. The van der Waals surface area contributed by atoms with Crippen molar-refractivity contribution in [1.82, 2.24) is 4.98 Å². The summed E-state index contributed by atoms with van der Waals surface area (Å²) in [5.41, 5.74) is 3.09. The molecule has 0 aliphatic carbocycles. The quantitative estimate of drug-likeness (QED) is 0.788. The monoisotopic (exact) mass is 346 g/mol. The molecule has 1 aromatic carbocycles. The molecule has 0 fully saturated rings. The van der Waals surface area contributed by atoms with Gasteiger partial charge in [-0.3, -0.25) is 0 Å². The van der Waals surface area contributed by atoms with Crippen LogP contribution in [0.3, 0.4) is 0 Å². The topological polar surface area (TPSA) is 34.2 Å². The van der Waals surface area contributed by atoms with Crippen LogP contribution in [0.4, 0.5) is 5.69 Å². The molecule has 2 aromatic rings. The van der Waals surface area contributed by atoms with Crippen molar-refractivity contribution in [3.05, 3.63) is 52.3 Å². The van der Waals surface area contributed by atoms with Crippen LogP contribution in [0.5, 0.6) is 5.75 Å². The van der Waals surface area contributed by atoms with E-state index in [2.05, 4.69) is 58.3 Å². The van der Waals surface area contributed by atoms with Crippen molar-refractivity contribution >= 4 is 21.6 Å². The van der Waals surface area contributed by atoms with Gasteiger partial charge in [-0.15, -0.1) is 0 Å². The first kappa shape index (κ1) is 14.4. The fourth-order valence-corrected chi connectivity index (χ4v) is 3.20. The number of anilines is 1. The summed E-state index contributed by atoms with van der Waals surface area (Å²) < 4.78 is 6.93. The highest BCUT2D eigenvalue weighted by Crippen LogP contribution is 2.41. The summed E-state index contributed by atoms with van der Waals surface area (Å²) in [6.07, 6.45) is 0.916. The van der Waals surface area contributed by atoms with Gasteiger partial charge in [0.25, 0.3) is 0 Å². The molecule has 2 heterocycles. The second-order valence-corrected chi connectivity index (χ2v) is 6.88. The number of halogens is 1. The van der Waals surface area contributed by atoms with E-state index in [4.69, 9.17) is 4.74 Å². The van der Waals surface area contributed by atoms with Crippen molar-refractivity contribution < 1.29 is 4.74 Å². The van der Waals surface area contributed by atoms with Crippen molar-refractivity contribution in [2.75, 3.05) is 5.32 Å². The van der Waals surface area contributed by atoms with Gasteiger partial charge in [0.05, 0.1) is 17.4 Å². The predicted molar refractivity (Wildman–Crippen MR) is 88.8 cm³/mol. The van der Waals surface area contributed by atoms with Gasteiger partial charge >= 0.3 is 0 Å². The van der Waals surface area contributed by atoms with E-state index in [1.165, 1.54) is 5.56 Å². The number of aromatic nitrogens is 1. The van der Waals surface area contributed by atoms with Gasteiger partial charge in [0.1, 0.15) is 16.0 Å². The molecule has 0 radical (unpaired) electrons.